The highest BCUT2D eigenvalue weighted by Crippen LogP contribution is 2.26. The summed E-state index contributed by atoms with van der Waals surface area (Å²) in [5.41, 5.74) is 2.79. The SMILES string of the molecule is COc1ccccc1NC(=O)[C@H](Cc1ccc(C)cc1)c1nn[nH]n1. The molecule has 0 radical (unpaired) electrons. The van der Waals surface area contributed by atoms with Crippen LogP contribution in [0.1, 0.15) is 22.9 Å². The van der Waals surface area contributed by atoms with Gasteiger partial charge in [0.2, 0.25) is 5.91 Å². The topological polar surface area (TPSA) is 92.8 Å². The Morgan fingerprint density at radius 1 is 1.20 bits per heavy atom. The number of aromatic amines is 1. The largest absolute Gasteiger partial charge is 0.495 e. The molecule has 2 N–H and O–H groups in total. The lowest BCUT2D eigenvalue weighted by Crippen LogP contribution is -2.24. The third-order valence-electron chi connectivity index (χ3n) is 3.92. The molecule has 7 heteroatoms. The van der Waals surface area contributed by atoms with E-state index in [2.05, 4.69) is 25.9 Å². The smallest absolute Gasteiger partial charge is 0.235 e. The number of nitrogens with zero attached hydrogens (tertiary/aromatic N) is 3. The molecule has 0 fully saturated rings. The highest BCUT2D eigenvalue weighted by atomic mass is 16.5. The van der Waals surface area contributed by atoms with Crippen LogP contribution in [0.5, 0.6) is 5.75 Å². The maximum Gasteiger partial charge on any atom is 0.235 e. The second kappa shape index (κ2) is 7.57. The summed E-state index contributed by atoms with van der Waals surface area (Å²) in [4.78, 5) is 12.9. The zero-order valence-corrected chi connectivity index (χ0v) is 14.1. The standard InChI is InChI=1S/C18H19N5O2/c1-12-7-9-13(10-8-12)11-14(17-20-22-23-21-17)18(24)19-15-5-3-4-6-16(15)25-2/h3-10,14H,11H2,1-2H3,(H,19,24)(H,20,21,22,23)/t14-/m1/s1. The molecule has 0 spiro atoms. The molecule has 1 atom stereocenters. The number of methoxy groups -OCH3 is 1. The Bertz CT molecular complexity index is 831. The van der Waals surface area contributed by atoms with E-state index in [0.29, 0.717) is 23.7 Å². The van der Waals surface area contributed by atoms with Crippen LogP contribution in [0.25, 0.3) is 0 Å². The van der Waals surface area contributed by atoms with Gasteiger partial charge in [-0.15, -0.1) is 10.2 Å². The number of tetrazole rings is 1. The molecule has 7 nitrogen and oxygen atoms in total. The summed E-state index contributed by atoms with van der Waals surface area (Å²) in [5, 5.41) is 16.9. The summed E-state index contributed by atoms with van der Waals surface area (Å²) in [5.74, 6) is 0.170. The number of carbonyl (C=O) groups is 1. The van der Waals surface area contributed by atoms with Crippen molar-refractivity contribution in [3.63, 3.8) is 0 Å². The molecule has 0 saturated heterocycles. The number of hydrogen-bond donors (Lipinski definition) is 2. The summed E-state index contributed by atoms with van der Waals surface area (Å²) in [7, 11) is 1.56. The fourth-order valence-corrected chi connectivity index (χ4v) is 2.55. The van der Waals surface area contributed by atoms with Crippen LogP contribution < -0.4 is 10.1 Å². The van der Waals surface area contributed by atoms with Crippen molar-refractivity contribution in [1.29, 1.82) is 0 Å². The van der Waals surface area contributed by atoms with Gasteiger partial charge >= 0.3 is 0 Å². The van der Waals surface area contributed by atoms with Crippen molar-refractivity contribution < 1.29 is 9.53 Å². The summed E-state index contributed by atoms with van der Waals surface area (Å²) in [6.45, 7) is 2.02. The number of aryl methyl sites for hydroxylation is 1. The minimum absolute atomic E-state index is 0.216. The molecule has 2 aromatic carbocycles. The number of H-pyrrole nitrogens is 1. The van der Waals surface area contributed by atoms with Crippen LogP contribution in [0, 0.1) is 6.92 Å². The highest BCUT2D eigenvalue weighted by Gasteiger charge is 2.26. The van der Waals surface area contributed by atoms with E-state index in [1.54, 1.807) is 19.2 Å². The first kappa shape index (κ1) is 16.6. The molecule has 0 aliphatic heterocycles. The van der Waals surface area contributed by atoms with Crippen LogP contribution in [-0.2, 0) is 11.2 Å². The molecule has 1 amide bonds. The van der Waals surface area contributed by atoms with Crippen molar-refractivity contribution in [2.75, 3.05) is 12.4 Å². The Morgan fingerprint density at radius 2 is 1.96 bits per heavy atom. The molecule has 1 heterocycles. The fraction of sp³-hybridized carbons (Fsp3) is 0.222. The summed E-state index contributed by atoms with van der Waals surface area (Å²) in [6, 6.07) is 15.3. The van der Waals surface area contributed by atoms with Crippen molar-refractivity contribution in [2.24, 2.45) is 0 Å². The monoisotopic (exact) mass is 337 g/mol. The number of hydrogen-bond acceptors (Lipinski definition) is 5. The van der Waals surface area contributed by atoms with Crippen molar-refractivity contribution >= 4 is 11.6 Å². The average Bonchev–Trinajstić information content (AvgIpc) is 3.16. The van der Waals surface area contributed by atoms with Crippen LogP contribution in [-0.4, -0.2) is 33.6 Å². The average molecular weight is 337 g/mol. The molecule has 3 rings (SSSR count). The Hall–Kier alpha value is -3.22. The minimum Gasteiger partial charge on any atom is -0.495 e. The zero-order chi connectivity index (χ0) is 17.6. The number of para-hydroxylation sites is 2. The summed E-state index contributed by atoms with van der Waals surface area (Å²) in [6.07, 6.45) is 0.473. The molecule has 128 valence electrons. The first-order valence-corrected chi connectivity index (χ1v) is 7.90. The van der Waals surface area contributed by atoms with Crippen LogP contribution in [0.15, 0.2) is 48.5 Å². The van der Waals surface area contributed by atoms with Crippen molar-refractivity contribution in [3.8, 4) is 5.75 Å². The molecule has 0 aliphatic carbocycles. The Morgan fingerprint density at radius 3 is 2.64 bits per heavy atom. The van der Waals surface area contributed by atoms with Gasteiger partial charge in [-0.05, 0) is 31.0 Å². The van der Waals surface area contributed by atoms with E-state index in [4.69, 9.17) is 4.74 Å². The van der Waals surface area contributed by atoms with E-state index in [0.717, 1.165) is 5.56 Å². The number of amides is 1. The van der Waals surface area contributed by atoms with Crippen molar-refractivity contribution in [2.45, 2.75) is 19.3 Å². The van der Waals surface area contributed by atoms with Gasteiger partial charge in [0.15, 0.2) is 5.82 Å². The lowest BCUT2D eigenvalue weighted by atomic mass is 9.97. The number of ether oxygens (including phenoxy) is 1. The number of benzene rings is 2. The second-order valence-corrected chi connectivity index (χ2v) is 5.70. The van der Waals surface area contributed by atoms with Gasteiger partial charge in [0.1, 0.15) is 11.7 Å². The molecule has 0 saturated carbocycles. The van der Waals surface area contributed by atoms with Gasteiger partial charge in [0.25, 0.3) is 0 Å². The maximum absolute atomic E-state index is 12.9. The van der Waals surface area contributed by atoms with E-state index < -0.39 is 5.92 Å². The van der Waals surface area contributed by atoms with Crippen molar-refractivity contribution in [3.05, 3.63) is 65.5 Å². The summed E-state index contributed by atoms with van der Waals surface area (Å²) >= 11 is 0. The van der Waals surface area contributed by atoms with Crippen LogP contribution >= 0.6 is 0 Å². The van der Waals surface area contributed by atoms with Crippen LogP contribution in [0.4, 0.5) is 5.69 Å². The number of aromatic nitrogens is 4. The van der Waals surface area contributed by atoms with Gasteiger partial charge in [-0.25, -0.2) is 0 Å². The van der Waals surface area contributed by atoms with Crippen LogP contribution in [0.3, 0.4) is 0 Å². The van der Waals surface area contributed by atoms with Gasteiger partial charge in [-0.1, -0.05) is 47.2 Å². The van der Waals surface area contributed by atoms with E-state index >= 15 is 0 Å². The Labute approximate surface area is 145 Å². The van der Waals surface area contributed by atoms with Gasteiger partial charge in [0.05, 0.1) is 12.8 Å². The molecule has 1 aromatic heterocycles. The predicted octanol–water partition coefficient (Wildman–Crippen LogP) is 2.48. The van der Waals surface area contributed by atoms with Gasteiger partial charge in [-0.3, -0.25) is 4.79 Å². The fourth-order valence-electron chi connectivity index (χ4n) is 2.55. The van der Waals surface area contributed by atoms with Crippen LogP contribution in [0.2, 0.25) is 0 Å². The number of nitrogens with one attached hydrogen (secondary N) is 2. The third kappa shape index (κ3) is 4.00. The molecule has 0 unspecified atom stereocenters. The lowest BCUT2D eigenvalue weighted by molar-refractivity contribution is -0.117. The van der Waals surface area contributed by atoms with E-state index in [9.17, 15) is 4.79 Å². The molecule has 25 heavy (non-hydrogen) atoms. The molecule has 0 aliphatic rings. The van der Waals surface area contributed by atoms with E-state index in [1.165, 1.54) is 5.56 Å². The number of rotatable bonds is 6. The molecular weight excluding hydrogens is 318 g/mol. The lowest BCUT2D eigenvalue weighted by Gasteiger charge is -2.15. The predicted molar refractivity (Wildman–Crippen MR) is 93.4 cm³/mol. The number of carbonyl (C=O) groups excluding carboxylic acids is 1. The first-order valence-electron chi connectivity index (χ1n) is 7.90. The molecular formula is C18H19N5O2. The minimum atomic E-state index is -0.564. The zero-order valence-electron chi connectivity index (χ0n) is 14.1. The molecule has 0 bridgehead atoms. The Kier molecular flexibility index (Phi) is 5.03. The Balaban J connectivity index is 1.84. The van der Waals surface area contributed by atoms with Crippen molar-refractivity contribution in [1.82, 2.24) is 20.6 Å². The normalized spacial score (nSPS) is 11.8. The van der Waals surface area contributed by atoms with Gasteiger partial charge in [-0.2, -0.15) is 5.21 Å². The highest BCUT2D eigenvalue weighted by molar-refractivity contribution is 5.96. The third-order valence-corrected chi connectivity index (χ3v) is 3.92. The second-order valence-electron chi connectivity index (χ2n) is 5.70. The molecule has 3 aromatic rings. The van der Waals surface area contributed by atoms with E-state index in [-0.39, 0.29) is 5.91 Å². The quantitative estimate of drug-likeness (QED) is 0.721. The van der Waals surface area contributed by atoms with E-state index in [1.807, 2.05) is 43.3 Å². The summed E-state index contributed by atoms with van der Waals surface area (Å²) < 4.78 is 5.28. The van der Waals surface area contributed by atoms with Gasteiger partial charge < -0.3 is 10.1 Å². The number of anilines is 1. The maximum atomic E-state index is 12.9. The van der Waals surface area contributed by atoms with Gasteiger partial charge in [0, 0.05) is 0 Å². The first-order chi connectivity index (χ1) is 12.2.